The number of carbonyl (C=O) groups excluding carboxylic acids is 1. The molecule has 1 aliphatic heterocycles. The van der Waals surface area contributed by atoms with Gasteiger partial charge in [-0.25, -0.2) is 4.79 Å². The molecule has 1 unspecified atom stereocenters. The number of hydrogen-bond donors (Lipinski definition) is 0. The minimum Gasteiger partial charge on any atom is -0.497 e. The molecular formula is C19H25NO3. The molecule has 0 spiro atoms. The Labute approximate surface area is 138 Å². The fourth-order valence-corrected chi connectivity index (χ4v) is 3.83. The van der Waals surface area contributed by atoms with Crippen molar-refractivity contribution in [1.29, 1.82) is 0 Å². The van der Waals surface area contributed by atoms with E-state index >= 15 is 0 Å². The van der Waals surface area contributed by atoms with Crippen LogP contribution in [-0.2, 0) is 11.2 Å². The topological polar surface area (TPSA) is 38.8 Å². The van der Waals surface area contributed by atoms with Crippen LogP contribution in [0.25, 0.3) is 0 Å². The molecule has 0 saturated carbocycles. The molecular weight excluding hydrogens is 290 g/mol. The molecule has 4 heteroatoms. The van der Waals surface area contributed by atoms with E-state index < -0.39 is 0 Å². The van der Waals surface area contributed by atoms with Crippen molar-refractivity contribution < 1.29 is 14.3 Å². The average Bonchev–Trinajstić information content (AvgIpc) is 2.62. The molecule has 1 atom stereocenters. The van der Waals surface area contributed by atoms with Gasteiger partial charge in [-0.2, -0.15) is 0 Å². The van der Waals surface area contributed by atoms with Gasteiger partial charge in [-0.3, -0.25) is 0 Å². The van der Waals surface area contributed by atoms with E-state index in [9.17, 15) is 4.79 Å². The second-order valence-corrected chi connectivity index (χ2v) is 6.32. The maximum absolute atomic E-state index is 12.2. The molecule has 0 aromatic heterocycles. The summed E-state index contributed by atoms with van der Waals surface area (Å²) in [7, 11) is 3.14. The lowest BCUT2D eigenvalue weighted by Crippen LogP contribution is -2.46. The lowest BCUT2D eigenvalue weighted by molar-refractivity contribution is 0.106. The highest BCUT2D eigenvalue weighted by Gasteiger charge is 2.34. The standard InChI is InChI=1S/C19H25NO3/c1-22-16-9-7-14(8-10-16)13-18-17-6-4-3-5-15(17)11-12-20(18)19(21)23-2/h7-10,18H,3-6,11-13H2,1-2H3. The predicted octanol–water partition coefficient (Wildman–Crippen LogP) is 3.95. The van der Waals surface area contributed by atoms with Crippen LogP contribution in [0, 0.1) is 0 Å². The predicted molar refractivity (Wildman–Crippen MR) is 89.7 cm³/mol. The Bertz CT molecular complexity index is 591. The summed E-state index contributed by atoms with van der Waals surface area (Å²) in [6.45, 7) is 0.770. The molecule has 1 aliphatic carbocycles. The second kappa shape index (κ2) is 7.07. The van der Waals surface area contributed by atoms with E-state index in [4.69, 9.17) is 9.47 Å². The first-order chi connectivity index (χ1) is 11.2. The van der Waals surface area contributed by atoms with Crippen molar-refractivity contribution in [2.75, 3.05) is 20.8 Å². The number of rotatable bonds is 3. The van der Waals surface area contributed by atoms with Gasteiger partial charge in [0.15, 0.2) is 0 Å². The van der Waals surface area contributed by atoms with E-state index in [0.29, 0.717) is 0 Å². The molecule has 2 aliphatic rings. The monoisotopic (exact) mass is 315 g/mol. The van der Waals surface area contributed by atoms with E-state index in [2.05, 4.69) is 12.1 Å². The molecule has 0 saturated heterocycles. The Morgan fingerprint density at radius 2 is 1.87 bits per heavy atom. The van der Waals surface area contributed by atoms with Crippen LogP contribution < -0.4 is 4.74 Å². The molecule has 1 amide bonds. The Morgan fingerprint density at radius 1 is 1.13 bits per heavy atom. The number of benzene rings is 1. The Kier molecular flexibility index (Phi) is 4.89. The minimum atomic E-state index is -0.208. The average molecular weight is 315 g/mol. The molecule has 0 N–H and O–H groups in total. The van der Waals surface area contributed by atoms with Crippen LogP contribution in [0.4, 0.5) is 4.79 Å². The molecule has 4 nitrogen and oxygen atoms in total. The van der Waals surface area contributed by atoms with Gasteiger partial charge in [-0.15, -0.1) is 0 Å². The fourth-order valence-electron chi connectivity index (χ4n) is 3.83. The normalized spacial score (nSPS) is 21.0. The van der Waals surface area contributed by atoms with Crippen molar-refractivity contribution in [2.45, 2.75) is 44.6 Å². The van der Waals surface area contributed by atoms with Gasteiger partial charge in [-0.1, -0.05) is 17.7 Å². The third kappa shape index (κ3) is 3.36. The van der Waals surface area contributed by atoms with E-state index in [1.807, 2.05) is 17.0 Å². The lowest BCUT2D eigenvalue weighted by atomic mass is 9.80. The maximum atomic E-state index is 12.2. The highest BCUT2D eigenvalue weighted by molar-refractivity contribution is 5.69. The molecule has 23 heavy (non-hydrogen) atoms. The summed E-state index contributed by atoms with van der Waals surface area (Å²) in [5, 5.41) is 0. The van der Waals surface area contributed by atoms with Gasteiger partial charge in [0.1, 0.15) is 5.75 Å². The summed E-state index contributed by atoms with van der Waals surface area (Å²) in [4.78, 5) is 14.1. The van der Waals surface area contributed by atoms with Crippen molar-refractivity contribution in [3.63, 3.8) is 0 Å². The van der Waals surface area contributed by atoms with Crippen LogP contribution in [0.1, 0.15) is 37.7 Å². The van der Waals surface area contributed by atoms with Crippen molar-refractivity contribution in [1.82, 2.24) is 4.90 Å². The largest absolute Gasteiger partial charge is 0.497 e. The van der Waals surface area contributed by atoms with Crippen LogP contribution in [0.2, 0.25) is 0 Å². The Morgan fingerprint density at radius 3 is 2.57 bits per heavy atom. The SMILES string of the molecule is COC(=O)N1CCC2=C(CCCC2)C1Cc1ccc(OC)cc1. The summed E-state index contributed by atoms with van der Waals surface area (Å²) in [6.07, 6.45) is 6.47. The molecule has 1 aromatic rings. The summed E-state index contributed by atoms with van der Waals surface area (Å²) in [5.41, 5.74) is 4.28. The zero-order valence-corrected chi connectivity index (χ0v) is 14.0. The fraction of sp³-hybridized carbons (Fsp3) is 0.526. The van der Waals surface area contributed by atoms with Crippen LogP contribution in [-0.4, -0.2) is 37.8 Å². The van der Waals surface area contributed by atoms with Crippen LogP contribution in [0.3, 0.4) is 0 Å². The highest BCUT2D eigenvalue weighted by Crippen LogP contribution is 2.36. The van der Waals surface area contributed by atoms with E-state index in [0.717, 1.165) is 31.6 Å². The number of amides is 1. The first-order valence-corrected chi connectivity index (χ1v) is 8.41. The quantitative estimate of drug-likeness (QED) is 0.793. The highest BCUT2D eigenvalue weighted by atomic mass is 16.5. The van der Waals surface area contributed by atoms with Crippen molar-refractivity contribution in [3.8, 4) is 5.75 Å². The lowest BCUT2D eigenvalue weighted by Gasteiger charge is -2.40. The second-order valence-electron chi connectivity index (χ2n) is 6.32. The third-order valence-electron chi connectivity index (χ3n) is 5.06. The van der Waals surface area contributed by atoms with Gasteiger partial charge < -0.3 is 14.4 Å². The van der Waals surface area contributed by atoms with E-state index in [1.54, 1.807) is 12.7 Å². The zero-order valence-electron chi connectivity index (χ0n) is 14.0. The molecule has 0 radical (unpaired) electrons. The van der Waals surface area contributed by atoms with Gasteiger partial charge in [0.25, 0.3) is 0 Å². The molecule has 3 rings (SSSR count). The number of methoxy groups -OCH3 is 2. The summed E-state index contributed by atoms with van der Waals surface area (Å²) < 4.78 is 10.2. The molecule has 0 fully saturated rings. The number of nitrogens with zero attached hydrogens (tertiary/aromatic N) is 1. The summed E-state index contributed by atoms with van der Waals surface area (Å²) in [5.74, 6) is 0.861. The van der Waals surface area contributed by atoms with Gasteiger partial charge in [0.05, 0.1) is 20.3 Å². The van der Waals surface area contributed by atoms with Crippen molar-refractivity contribution in [2.24, 2.45) is 0 Å². The summed E-state index contributed by atoms with van der Waals surface area (Å²) in [6, 6.07) is 8.28. The van der Waals surface area contributed by atoms with Crippen molar-refractivity contribution in [3.05, 3.63) is 41.0 Å². The van der Waals surface area contributed by atoms with Gasteiger partial charge in [-0.05, 0) is 61.8 Å². The first kappa shape index (κ1) is 15.9. The van der Waals surface area contributed by atoms with Crippen molar-refractivity contribution >= 4 is 6.09 Å². The van der Waals surface area contributed by atoms with Crippen LogP contribution >= 0.6 is 0 Å². The van der Waals surface area contributed by atoms with E-state index in [-0.39, 0.29) is 12.1 Å². The van der Waals surface area contributed by atoms with Gasteiger partial charge in [0, 0.05) is 6.54 Å². The van der Waals surface area contributed by atoms with Crippen LogP contribution in [0.5, 0.6) is 5.75 Å². The van der Waals surface area contributed by atoms with E-state index in [1.165, 1.54) is 37.5 Å². The smallest absolute Gasteiger partial charge is 0.410 e. The number of ether oxygens (including phenoxy) is 2. The molecule has 124 valence electrons. The van der Waals surface area contributed by atoms with Gasteiger partial charge >= 0.3 is 6.09 Å². The number of carbonyl (C=O) groups is 1. The zero-order chi connectivity index (χ0) is 16.2. The Hall–Kier alpha value is -1.97. The number of hydrogen-bond acceptors (Lipinski definition) is 3. The Balaban J connectivity index is 1.86. The van der Waals surface area contributed by atoms with Gasteiger partial charge in [0.2, 0.25) is 0 Å². The maximum Gasteiger partial charge on any atom is 0.410 e. The third-order valence-corrected chi connectivity index (χ3v) is 5.06. The molecule has 1 heterocycles. The molecule has 0 bridgehead atoms. The summed E-state index contributed by atoms with van der Waals surface area (Å²) >= 11 is 0. The molecule has 1 aromatic carbocycles. The first-order valence-electron chi connectivity index (χ1n) is 8.41. The van der Waals surface area contributed by atoms with Crippen LogP contribution in [0.15, 0.2) is 35.4 Å². The minimum absolute atomic E-state index is 0.139.